The summed E-state index contributed by atoms with van der Waals surface area (Å²) >= 11 is 1.74. The van der Waals surface area contributed by atoms with Gasteiger partial charge in [0.15, 0.2) is 6.54 Å². The molecule has 0 aliphatic heterocycles. The quantitative estimate of drug-likeness (QED) is 0.585. The normalized spacial score (nSPS) is 12.9. The molecule has 0 spiro atoms. The predicted octanol–water partition coefficient (Wildman–Crippen LogP) is 3.07. The molecule has 2 N–H and O–H groups in total. The van der Waals surface area contributed by atoms with Crippen LogP contribution in [0.15, 0.2) is 72.1 Å². The van der Waals surface area contributed by atoms with Crippen molar-refractivity contribution < 1.29 is 14.4 Å². The molecule has 146 valence electrons. The van der Waals surface area contributed by atoms with E-state index in [9.17, 15) is 4.79 Å². The molecule has 0 fully saturated rings. The minimum absolute atomic E-state index is 0.0538. The maximum atomic E-state index is 12.9. The summed E-state index contributed by atoms with van der Waals surface area (Å²) in [6.07, 6.45) is 0. The summed E-state index contributed by atoms with van der Waals surface area (Å²) < 4.78 is 5.26. The van der Waals surface area contributed by atoms with Crippen molar-refractivity contribution in [3.05, 3.63) is 88.1 Å². The number of rotatable bonds is 9. The van der Waals surface area contributed by atoms with Crippen LogP contribution >= 0.6 is 11.3 Å². The zero-order valence-electron chi connectivity index (χ0n) is 16.4. The zero-order valence-corrected chi connectivity index (χ0v) is 17.2. The summed E-state index contributed by atoms with van der Waals surface area (Å²) in [7, 11) is 1.65. The van der Waals surface area contributed by atoms with Crippen molar-refractivity contribution in [1.29, 1.82) is 0 Å². The van der Waals surface area contributed by atoms with E-state index in [1.807, 2.05) is 54.6 Å². The first-order chi connectivity index (χ1) is 13.7. The number of amides is 1. The number of ether oxygens (including phenoxy) is 1. The summed E-state index contributed by atoms with van der Waals surface area (Å²) in [5.74, 6) is 0.859. The molecule has 1 heterocycles. The minimum atomic E-state index is -0.181. The van der Waals surface area contributed by atoms with Gasteiger partial charge in [0.05, 0.1) is 24.6 Å². The Balaban J connectivity index is 1.73. The molecule has 0 saturated heterocycles. The van der Waals surface area contributed by atoms with Crippen LogP contribution in [0.25, 0.3) is 0 Å². The molecule has 5 heteroatoms. The molecule has 2 atom stereocenters. The molecular weight excluding hydrogens is 368 g/mol. The van der Waals surface area contributed by atoms with Gasteiger partial charge in [0.25, 0.3) is 5.91 Å². The monoisotopic (exact) mass is 395 g/mol. The maximum absolute atomic E-state index is 12.9. The highest BCUT2D eigenvalue weighted by molar-refractivity contribution is 7.09. The molecule has 0 aliphatic carbocycles. The third-order valence-corrected chi connectivity index (χ3v) is 5.68. The molecule has 4 nitrogen and oxygen atoms in total. The first-order valence-electron chi connectivity index (χ1n) is 9.53. The summed E-state index contributed by atoms with van der Waals surface area (Å²) in [6.45, 7) is 4.35. The number of hydrogen-bond donors (Lipinski definition) is 2. The molecule has 0 saturated carbocycles. The molecule has 28 heavy (non-hydrogen) atoms. The van der Waals surface area contributed by atoms with E-state index in [2.05, 4.69) is 29.8 Å². The lowest BCUT2D eigenvalue weighted by molar-refractivity contribution is -0.903. The van der Waals surface area contributed by atoms with Crippen molar-refractivity contribution in [2.45, 2.75) is 19.5 Å². The van der Waals surface area contributed by atoms with Crippen LogP contribution in [0.1, 0.15) is 29.0 Å². The summed E-state index contributed by atoms with van der Waals surface area (Å²) in [5.41, 5.74) is 2.11. The standard InChI is InChI=1S/C23H26N2O2S/c1-3-25(16-21-10-7-15-28-21)17-22(26)24-23(18-8-5-4-6-9-18)19-11-13-20(27-2)14-12-19/h4-15,23H,3,16-17H2,1-2H3,(H,24,26)/p+1/t23-/m1/s1. The minimum Gasteiger partial charge on any atom is -0.497 e. The predicted molar refractivity (Wildman–Crippen MR) is 114 cm³/mol. The Morgan fingerprint density at radius 2 is 1.75 bits per heavy atom. The average Bonchev–Trinajstić information content (AvgIpc) is 3.25. The van der Waals surface area contributed by atoms with Crippen LogP contribution in [-0.2, 0) is 11.3 Å². The molecule has 3 aromatic rings. The number of quaternary nitrogens is 1. The number of thiophene rings is 1. The van der Waals surface area contributed by atoms with Crippen molar-refractivity contribution in [3.63, 3.8) is 0 Å². The van der Waals surface area contributed by atoms with Crippen LogP contribution in [0.3, 0.4) is 0 Å². The fraction of sp³-hybridized carbons (Fsp3) is 0.261. The molecule has 3 rings (SSSR count). The van der Waals surface area contributed by atoms with Gasteiger partial charge in [-0.25, -0.2) is 0 Å². The third kappa shape index (κ3) is 5.44. The van der Waals surface area contributed by atoms with E-state index >= 15 is 0 Å². The largest absolute Gasteiger partial charge is 0.497 e. The topological polar surface area (TPSA) is 42.8 Å². The maximum Gasteiger partial charge on any atom is 0.275 e. The van der Waals surface area contributed by atoms with Gasteiger partial charge in [-0.05, 0) is 41.6 Å². The molecule has 0 aliphatic rings. The first-order valence-corrected chi connectivity index (χ1v) is 10.4. The Bertz CT molecular complexity index is 848. The van der Waals surface area contributed by atoms with Gasteiger partial charge in [0.2, 0.25) is 0 Å². The van der Waals surface area contributed by atoms with Crippen LogP contribution in [0, 0.1) is 0 Å². The Kier molecular flexibility index (Phi) is 7.23. The second-order valence-corrected chi connectivity index (χ2v) is 7.75. The molecule has 1 aromatic heterocycles. The second kappa shape index (κ2) is 10.1. The Morgan fingerprint density at radius 3 is 2.36 bits per heavy atom. The van der Waals surface area contributed by atoms with E-state index in [-0.39, 0.29) is 11.9 Å². The number of methoxy groups -OCH3 is 1. The lowest BCUT2D eigenvalue weighted by Crippen LogP contribution is -3.11. The van der Waals surface area contributed by atoms with Gasteiger partial charge in [0, 0.05) is 0 Å². The SMILES string of the molecule is CC[NH+](CC(=O)N[C@H](c1ccccc1)c1ccc(OC)cc1)Cc1cccs1. The molecule has 0 bridgehead atoms. The van der Waals surface area contributed by atoms with Gasteiger partial charge in [-0.3, -0.25) is 4.79 Å². The van der Waals surface area contributed by atoms with Crippen molar-refractivity contribution in [1.82, 2.24) is 5.32 Å². The highest BCUT2D eigenvalue weighted by Gasteiger charge is 2.20. The van der Waals surface area contributed by atoms with Crippen molar-refractivity contribution >= 4 is 17.2 Å². The molecular formula is C23H27N2O2S+. The smallest absolute Gasteiger partial charge is 0.275 e. The number of hydrogen-bond acceptors (Lipinski definition) is 3. The Labute approximate surface area is 170 Å². The van der Waals surface area contributed by atoms with Crippen molar-refractivity contribution in [2.75, 3.05) is 20.2 Å². The van der Waals surface area contributed by atoms with E-state index in [1.54, 1.807) is 18.4 Å². The lowest BCUT2D eigenvalue weighted by Gasteiger charge is -2.22. The number of carbonyl (C=O) groups excluding carboxylic acids is 1. The van der Waals surface area contributed by atoms with E-state index in [0.29, 0.717) is 6.54 Å². The Hall–Kier alpha value is -2.63. The van der Waals surface area contributed by atoms with Crippen LogP contribution in [0.2, 0.25) is 0 Å². The highest BCUT2D eigenvalue weighted by atomic mass is 32.1. The highest BCUT2D eigenvalue weighted by Crippen LogP contribution is 2.24. The van der Waals surface area contributed by atoms with E-state index in [1.165, 1.54) is 9.78 Å². The van der Waals surface area contributed by atoms with Gasteiger partial charge in [0.1, 0.15) is 12.3 Å². The Morgan fingerprint density at radius 1 is 1.04 bits per heavy atom. The fourth-order valence-electron chi connectivity index (χ4n) is 3.21. The van der Waals surface area contributed by atoms with Gasteiger partial charge in [-0.1, -0.05) is 48.5 Å². The van der Waals surface area contributed by atoms with E-state index in [4.69, 9.17) is 4.74 Å². The van der Waals surface area contributed by atoms with Gasteiger partial charge in [-0.2, -0.15) is 0 Å². The zero-order chi connectivity index (χ0) is 19.8. The fourth-order valence-corrected chi connectivity index (χ4v) is 3.99. The van der Waals surface area contributed by atoms with Crippen molar-refractivity contribution in [2.24, 2.45) is 0 Å². The van der Waals surface area contributed by atoms with Crippen LogP contribution < -0.4 is 15.0 Å². The number of nitrogens with one attached hydrogen (secondary N) is 2. The summed E-state index contributed by atoms with van der Waals surface area (Å²) in [5, 5.41) is 5.32. The molecule has 0 radical (unpaired) electrons. The van der Waals surface area contributed by atoms with Crippen LogP contribution in [-0.4, -0.2) is 26.1 Å². The van der Waals surface area contributed by atoms with Gasteiger partial charge in [-0.15, -0.1) is 11.3 Å². The second-order valence-electron chi connectivity index (χ2n) is 6.72. The van der Waals surface area contributed by atoms with Gasteiger partial charge < -0.3 is 15.0 Å². The first kappa shape index (κ1) is 20.1. The van der Waals surface area contributed by atoms with Gasteiger partial charge >= 0.3 is 0 Å². The van der Waals surface area contributed by atoms with Crippen LogP contribution in [0.4, 0.5) is 0 Å². The number of likely N-dealkylation sites (N-methyl/N-ethyl adjacent to an activating group) is 1. The molecule has 1 amide bonds. The van der Waals surface area contributed by atoms with Crippen LogP contribution in [0.5, 0.6) is 5.75 Å². The number of carbonyl (C=O) groups is 1. The average molecular weight is 396 g/mol. The molecule has 1 unspecified atom stereocenters. The van der Waals surface area contributed by atoms with Crippen molar-refractivity contribution in [3.8, 4) is 5.75 Å². The summed E-state index contributed by atoms with van der Waals surface area (Å²) in [4.78, 5) is 15.4. The molecule has 2 aromatic carbocycles. The van der Waals surface area contributed by atoms with E-state index in [0.717, 1.165) is 30.0 Å². The summed E-state index contributed by atoms with van der Waals surface area (Å²) in [6, 6.07) is 22.0. The number of benzene rings is 2. The third-order valence-electron chi connectivity index (χ3n) is 4.80. The lowest BCUT2D eigenvalue weighted by atomic mass is 9.98. The van der Waals surface area contributed by atoms with E-state index < -0.39 is 0 Å².